The largest absolute Gasteiger partial charge is 0.307 e. The third kappa shape index (κ3) is 4.11. The Balaban J connectivity index is 2.31. The van der Waals surface area contributed by atoms with E-state index in [-0.39, 0.29) is 5.54 Å². The summed E-state index contributed by atoms with van der Waals surface area (Å²) in [6.07, 6.45) is 2.88. The van der Waals surface area contributed by atoms with Crippen molar-refractivity contribution in [1.29, 1.82) is 0 Å². The second-order valence-corrected chi connectivity index (χ2v) is 7.61. The van der Waals surface area contributed by atoms with E-state index in [2.05, 4.69) is 57.9 Å². The second-order valence-electron chi connectivity index (χ2n) is 6.52. The van der Waals surface area contributed by atoms with Gasteiger partial charge in [-0.25, -0.2) is 4.98 Å². The maximum Gasteiger partial charge on any atom is 0.142 e. The minimum absolute atomic E-state index is 0.118. The lowest BCUT2D eigenvalue weighted by atomic mass is 10.1. The Morgan fingerprint density at radius 1 is 1.24 bits per heavy atom. The van der Waals surface area contributed by atoms with Crippen LogP contribution in [0.4, 0.5) is 0 Å². The molecule has 0 atom stereocenters. The monoisotopic (exact) mass is 303 g/mol. The molecule has 0 spiro atoms. The Bertz CT molecular complexity index is 623. The van der Waals surface area contributed by atoms with Gasteiger partial charge < -0.3 is 5.32 Å². The highest BCUT2D eigenvalue weighted by atomic mass is 32.1. The van der Waals surface area contributed by atoms with Crippen LogP contribution in [0.2, 0.25) is 0 Å². The highest BCUT2D eigenvalue weighted by Crippen LogP contribution is 2.29. The van der Waals surface area contributed by atoms with Gasteiger partial charge in [-0.15, -0.1) is 11.3 Å². The van der Waals surface area contributed by atoms with Gasteiger partial charge in [0.15, 0.2) is 0 Å². The van der Waals surface area contributed by atoms with Crippen LogP contribution < -0.4 is 5.32 Å². The van der Waals surface area contributed by atoms with Gasteiger partial charge in [-0.1, -0.05) is 13.0 Å². The molecule has 2 rings (SSSR count). The minimum Gasteiger partial charge on any atom is -0.307 e. The quantitative estimate of drug-likeness (QED) is 0.916. The molecule has 0 aliphatic carbocycles. The molecule has 114 valence electrons. The first-order valence-corrected chi connectivity index (χ1v) is 8.29. The lowest BCUT2D eigenvalue weighted by molar-refractivity contribution is 0.425. The van der Waals surface area contributed by atoms with E-state index in [1.807, 2.05) is 6.20 Å². The lowest BCUT2D eigenvalue weighted by Crippen LogP contribution is -2.35. The summed E-state index contributed by atoms with van der Waals surface area (Å²) in [5.74, 6) is 0. The maximum atomic E-state index is 4.81. The van der Waals surface area contributed by atoms with E-state index in [9.17, 15) is 0 Å². The number of rotatable bonds is 4. The van der Waals surface area contributed by atoms with Gasteiger partial charge in [0.05, 0.1) is 5.69 Å². The van der Waals surface area contributed by atoms with Crippen molar-refractivity contribution in [3.05, 3.63) is 34.0 Å². The number of hydrogen-bond acceptors (Lipinski definition) is 4. The average Bonchev–Trinajstić information content (AvgIpc) is 2.78. The van der Waals surface area contributed by atoms with Crippen molar-refractivity contribution >= 4 is 11.3 Å². The van der Waals surface area contributed by atoms with Crippen LogP contribution in [0.25, 0.3) is 10.7 Å². The van der Waals surface area contributed by atoms with Crippen molar-refractivity contribution in [3.63, 3.8) is 0 Å². The van der Waals surface area contributed by atoms with Crippen LogP contribution >= 0.6 is 11.3 Å². The summed E-state index contributed by atoms with van der Waals surface area (Å²) >= 11 is 1.76. The summed E-state index contributed by atoms with van der Waals surface area (Å²) in [5.41, 5.74) is 4.71. The number of thiazole rings is 1. The predicted octanol–water partition coefficient (Wildman–Crippen LogP) is 4.27. The summed E-state index contributed by atoms with van der Waals surface area (Å²) < 4.78 is 0. The molecule has 21 heavy (non-hydrogen) atoms. The fraction of sp³-hybridized carbons (Fsp3) is 0.529. The average molecular weight is 303 g/mol. The first kappa shape index (κ1) is 16.1. The molecule has 1 N–H and O–H groups in total. The highest BCUT2D eigenvalue weighted by molar-refractivity contribution is 7.15. The van der Waals surface area contributed by atoms with Gasteiger partial charge >= 0.3 is 0 Å². The van der Waals surface area contributed by atoms with Crippen molar-refractivity contribution in [2.24, 2.45) is 0 Å². The topological polar surface area (TPSA) is 37.8 Å². The molecule has 0 unspecified atom stereocenters. The third-order valence-electron chi connectivity index (χ3n) is 3.31. The van der Waals surface area contributed by atoms with Crippen molar-refractivity contribution < 1.29 is 0 Å². The molecule has 0 aromatic carbocycles. The Morgan fingerprint density at radius 3 is 2.52 bits per heavy atom. The molecule has 0 amide bonds. The second kappa shape index (κ2) is 6.24. The summed E-state index contributed by atoms with van der Waals surface area (Å²) in [7, 11) is 0. The van der Waals surface area contributed by atoms with E-state index in [1.165, 1.54) is 21.7 Å². The van der Waals surface area contributed by atoms with Gasteiger partial charge in [-0.3, -0.25) is 4.98 Å². The van der Waals surface area contributed by atoms with Crippen LogP contribution in [-0.4, -0.2) is 15.5 Å². The van der Waals surface area contributed by atoms with Crippen LogP contribution in [-0.2, 0) is 13.0 Å². The smallest absolute Gasteiger partial charge is 0.142 e. The Labute approximate surface area is 131 Å². The van der Waals surface area contributed by atoms with Gasteiger partial charge in [0.1, 0.15) is 10.7 Å². The fourth-order valence-corrected chi connectivity index (χ4v) is 3.34. The molecule has 0 aliphatic heterocycles. The normalized spacial score (nSPS) is 11.9. The van der Waals surface area contributed by atoms with Crippen LogP contribution in [0.1, 0.15) is 49.4 Å². The van der Waals surface area contributed by atoms with Crippen molar-refractivity contribution in [2.75, 3.05) is 0 Å². The highest BCUT2D eigenvalue weighted by Gasteiger charge is 2.16. The van der Waals surface area contributed by atoms with Gasteiger partial charge in [-0.2, -0.15) is 0 Å². The summed E-state index contributed by atoms with van der Waals surface area (Å²) in [4.78, 5) is 10.7. The maximum absolute atomic E-state index is 4.81. The predicted molar refractivity (Wildman–Crippen MR) is 90.8 cm³/mol. The zero-order valence-corrected chi connectivity index (χ0v) is 14.7. The Kier molecular flexibility index (Phi) is 4.79. The van der Waals surface area contributed by atoms with Crippen molar-refractivity contribution in [2.45, 2.75) is 60.0 Å². The molecule has 0 saturated carbocycles. The number of aryl methyl sites for hydroxylation is 3. The van der Waals surface area contributed by atoms with E-state index < -0.39 is 0 Å². The van der Waals surface area contributed by atoms with E-state index in [0.717, 1.165) is 23.7 Å². The molecule has 0 fully saturated rings. The molecule has 0 aliphatic rings. The summed E-state index contributed by atoms with van der Waals surface area (Å²) in [6, 6.07) is 2.17. The van der Waals surface area contributed by atoms with Gasteiger partial charge in [0, 0.05) is 23.2 Å². The minimum atomic E-state index is 0.118. The van der Waals surface area contributed by atoms with Crippen LogP contribution in [0.15, 0.2) is 12.3 Å². The first-order valence-electron chi connectivity index (χ1n) is 7.47. The molecule has 4 heteroatoms. The van der Waals surface area contributed by atoms with Gasteiger partial charge in [0.25, 0.3) is 0 Å². The molecule has 0 saturated heterocycles. The number of hydrogen-bond donors (Lipinski definition) is 1. The van der Waals surface area contributed by atoms with E-state index in [4.69, 9.17) is 4.98 Å². The zero-order chi connectivity index (χ0) is 15.6. The molecule has 3 nitrogen and oxygen atoms in total. The van der Waals surface area contributed by atoms with Crippen LogP contribution in [0, 0.1) is 13.8 Å². The van der Waals surface area contributed by atoms with Crippen molar-refractivity contribution in [1.82, 2.24) is 15.3 Å². The third-order valence-corrected chi connectivity index (χ3v) is 4.41. The fourth-order valence-electron chi connectivity index (χ4n) is 2.18. The SMILES string of the molecule is CCc1nc(-c2ncc(C)cc2C)sc1CNC(C)(C)C. The standard InChI is InChI=1S/C17H25N3S/c1-7-13-14(10-19-17(4,5)6)21-16(20-13)15-12(3)8-11(2)9-18-15/h8-9,19H,7,10H2,1-6H3. The van der Waals surface area contributed by atoms with E-state index >= 15 is 0 Å². The Hall–Kier alpha value is -1.26. The van der Waals surface area contributed by atoms with Crippen molar-refractivity contribution in [3.8, 4) is 10.7 Å². The molecule has 2 heterocycles. The van der Waals surface area contributed by atoms with E-state index in [0.29, 0.717) is 0 Å². The number of nitrogens with one attached hydrogen (secondary N) is 1. The number of pyridine rings is 1. The number of nitrogens with zero attached hydrogens (tertiary/aromatic N) is 2. The van der Waals surface area contributed by atoms with Gasteiger partial charge in [0.2, 0.25) is 0 Å². The molecular formula is C17H25N3S. The number of aromatic nitrogens is 2. The summed E-state index contributed by atoms with van der Waals surface area (Å²) in [6.45, 7) is 13.8. The molecule has 2 aromatic heterocycles. The van der Waals surface area contributed by atoms with Crippen LogP contribution in [0.5, 0.6) is 0 Å². The Morgan fingerprint density at radius 2 is 1.95 bits per heavy atom. The van der Waals surface area contributed by atoms with Crippen LogP contribution in [0.3, 0.4) is 0 Å². The zero-order valence-electron chi connectivity index (χ0n) is 13.9. The lowest BCUT2D eigenvalue weighted by Gasteiger charge is -2.20. The summed E-state index contributed by atoms with van der Waals surface area (Å²) in [5, 5.41) is 4.59. The van der Waals surface area contributed by atoms with Gasteiger partial charge in [-0.05, 0) is 52.2 Å². The molecule has 2 aromatic rings. The molecule has 0 bridgehead atoms. The molecular weight excluding hydrogens is 278 g/mol. The van der Waals surface area contributed by atoms with E-state index in [1.54, 1.807) is 11.3 Å². The molecule has 0 radical (unpaired) electrons. The first-order chi connectivity index (χ1) is 9.80.